The molecule has 0 saturated carbocycles. The molecule has 0 spiro atoms. The first-order valence-electron chi connectivity index (χ1n) is 10.2. The van der Waals surface area contributed by atoms with Crippen LogP contribution in [0.4, 0.5) is 11.8 Å². The monoisotopic (exact) mass is 436 g/mol. The van der Waals surface area contributed by atoms with Gasteiger partial charge in [-0.25, -0.2) is 15.0 Å². The first-order valence-corrected chi connectivity index (χ1v) is 10.6. The number of likely N-dealkylation sites (tertiary alicyclic amines) is 1. The summed E-state index contributed by atoms with van der Waals surface area (Å²) in [6.07, 6.45) is 5.26. The average Bonchev–Trinajstić information content (AvgIpc) is 2.79. The number of carbonyl (C=O) groups excluding carboxylic acids is 1. The molecule has 0 aliphatic carbocycles. The first kappa shape index (κ1) is 21.1. The molecule has 1 atom stereocenters. The Balaban J connectivity index is 1.66. The maximum absolute atomic E-state index is 13.0. The van der Waals surface area contributed by atoms with E-state index < -0.39 is 0 Å². The second-order valence-electron chi connectivity index (χ2n) is 7.93. The second-order valence-corrected chi connectivity index (χ2v) is 8.37. The Labute approximate surface area is 186 Å². The highest BCUT2D eigenvalue weighted by Gasteiger charge is 2.29. The molecule has 0 radical (unpaired) electrons. The standard InChI is InChI=1S/C23H25ClN6O/c1-29(2)23-27-13-19(15-5-8-18(24)9-6-15)21(28-23)17-4-3-11-30(14-17)22(31)16-7-10-20(25)26-12-16/h5-10,12-13,17H,3-4,11,14H2,1-2H3,(H2,25,26)/t17-/m0/s1. The van der Waals surface area contributed by atoms with Crippen molar-refractivity contribution in [2.45, 2.75) is 18.8 Å². The van der Waals surface area contributed by atoms with Crippen molar-refractivity contribution in [1.29, 1.82) is 0 Å². The molecule has 1 fully saturated rings. The number of amides is 1. The van der Waals surface area contributed by atoms with Crippen molar-refractivity contribution in [2.24, 2.45) is 0 Å². The summed E-state index contributed by atoms with van der Waals surface area (Å²) in [5.41, 5.74) is 9.14. The number of nitrogens with zero attached hydrogens (tertiary/aromatic N) is 5. The van der Waals surface area contributed by atoms with Crippen LogP contribution in [0.25, 0.3) is 11.1 Å². The number of hydrogen-bond acceptors (Lipinski definition) is 6. The van der Waals surface area contributed by atoms with Gasteiger partial charge >= 0.3 is 0 Å². The smallest absolute Gasteiger partial charge is 0.255 e. The van der Waals surface area contributed by atoms with E-state index in [1.54, 1.807) is 12.1 Å². The van der Waals surface area contributed by atoms with Gasteiger partial charge in [0.1, 0.15) is 5.82 Å². The first-order chi connectivity index (χ1) is 14.9. The molecule has 1 aromatic carbocycles. The molecule has 3 heterocycles. The van der Waals surface area contributed by atoms with Gasteiger partial charge in [0, 0.05) is 56.1 Å². The summed E-state index contributed by atoms with van der Waals surface area (Å²) < 4.78 is 0. The van der Waals surface area contributed by atoms with Crippen LogP contribution < -0.4 is 10.6 Å². The maximum Gasteiger partial charge on any atom is 0.255 e. The average molecular weight is 437 g/mol. The van der Waals surface area contributed by atoms with E-state index in [2.05, 4.69) is 9.97 Å². The molecular formula is C23H25ClN6O. The summed E-state index contributed by atoms with van der Waals surface area (Å²) in [6.45, 7) is 1.30. The summed E-state index contributed by atoms with van der Waals surface area (Å²) >= 11 is 6.08. The quantitative estimate of drug-likeness (QED) is 0.668. The minimum absolute atomic E-state index is 0.0351. The van der Waals surface area contributed by atoms with Gasteiger partial charge in [0.2, 0.25) is 5.95 Å². The fraction of sp³-hybridized carbons (Fsp3) is 0.304. The maximum atomic E-state index is 13.0. The number of nitrogen functional groups attached to an aromatic ring is 1. The lowest BCUT2D eigenvalue weighted by Crippen LogP contribution is -2.39. The van der Waals surface area contributed by atoms with Gasteiger partial charge in [-0.3, -0.25) is 4.79 Å². The third kappa shape index (κ3) is 4.61. The van der Waals surface area contributed by atoms with Crippen LogP contribution in [-0.4, -0.2) is 52.9 Å². The van der Waals surface area contributed by atoms with E-state index in [1.807, 2.05) is 54.4 Å². The van der Waals surface area contributed by atoms with E-state index in [-0.39, 0.29) is 11.8 Å². The van der Waals surface area contributed by atoms with Gasteiger partial charge in [-0.2, -0.15) is 0 Å². The van der Waals surface area contributed by atoms with Crippen LogP contribution in [0, 0.1) is 0 Å². The molecule has 1 aliphatic heterocycles. The molecule has 1 aliphatic rings. The zero-order valence-electron chi connectivity index (χ0n) is 17.6. The third-order valence-corrected chi connectivity index (χ3v) is 5.74. The Kier molecular flexibility index (Phi) is 6.04. The molecule has 160 valence electrons. The predicted molar refractivity (Wildman–Crippen MR) is 123 cm³/mol. The van der Waals surface area contributed by atoms with E-state index in [0.29, 0.717) is 35.4 Å². The highest BCUT2D eigenvalue weighted by molar-refractivity contribution is 6.30. The molecule has 0 unspecified atom stereocenters. The number of nitrogens with two attached hydrogens (primary N) is 1. The van der Waals surface area contributed by atoms with E-state index in [0.717, 1.165) is 29.7 Å². The van der Waals surface area contributed by atoms with E-state index in [9.17, 15) is 4.79 Å². The molecule has 2 aromatic heterocycles. The van der Waals surface area contributed by atoms with Crippen molar-refractivity contribution in [3.8, 4) is 11.1 Å². The number of benzene rings is 1. The van der Waals surface area contributed by atoms with Crippen molar-refractivity contribution < 1.29 is 4.79 Å². The van der Waals surface area contributed by atoms with Crippen molar-refractivity contribution in [3.05, 3.63) is 65.1 Å². The Morgan fingerprint density at radius 1 is 1.13 bits per heavy atom. The highest BCUT2D eigenvalue weighted by atomic mass is 35.5. The summed E-state index contributed by atoms with van der Waals surface area (Å²) in [5.74, 6) is 1.12. The summed E-state index contributed by atoms with van der Waals surface area (Å²) in [7, 11) is 3.85. The van der Waals surface area contributed by atoms with E-state index in [1.165, 1.54) is 6.20 Å². The third-order valence-electron chi connectivity index (χ3n) is 5.49. The normalized spacial score (nSPS) is 16.2. The molecule has 7 nitrogen and oxygen atoms in total. The highest BCUT2D eigenvalue weighted by Crippen LogP contribution is 2.34. The number of pyridine rings is 1. The minimum atomic E-state index is -0.0351. The lowest BCUT2D eigenvalue weighted by atomic mass is 9.89. The fourth-order valence-corrected chi connectivity index (χ4v) is 3.99. The Morgan fingerprint density at radius 3 is 2.58 bits per heavy atom. The van der Waals surface area contributed by atoms with Crippen molar-refractivity contribution in [2.75, 3.05) is 37.8 Å². The van der Waals surface area contributed by atoms with E-state index in [4.69, 9.17) is 22.3 Å². The molecule has 8 heteroatoms. The fourth-order valence-electron chi connectivity index (χ4n) is 3.86. The number of piperidine rings is 1. The summed E-state index contributed by atoms with van der Waals surface area (Å²) in [6, 6.07) is 11.1. The molecular weight excluding hydrogens is 412 g/mol. The lowest BCUT2D eigenvalue weighted by molar-refractivity contribution is 0.0705. The number of carbonyl (C=O) groups is 1. The van der Waals surface area contributed by atoms with Gasteiger partial charge in [0.05, 0.1) is 11.3 Å². The SMILES string of the molecule is CN(C)c1ncc(-c2ccc(Cl)cc2)c([C@H]2CCCN(C(=O)c3ccc(N)nc3)C2)n1. The minimum Gasteiger partial charge on any atom is -0.384 e. The van der Waals surface area contributed by atoms with Crippen molar-refractivity contribution >= 4 is 29.3 Å². The Morgan fingerprint density at radius 2 is 1.90 bits per heavy atom. The molecule has 3 aromatic rings. The number of hydrogen-bond donors (Lipinski definition) is 1. The zero-order chi connectivity index (χ0) is 22.0. The van der Waals surface area contributed by atoms with Crippen LogP contribution in [0.2, 0.25) is 5.02 Å². The van der Waals surface area contributed by atoms with Gasteiger partial charge in [-0.15, -0.1) is 0 Å². The topological polar surface area (TPSA) is 88.2 Å². The van der Waals surface area contributed by atoms with E-state index >= 15 is 0 Å². The van der Waals surface area contributed by atoms with Gasteiger partial charge in [-0.1, -0.05) is 23.7 Å². The van der Waals surface area contributed by atoms with Gasteiger partial charge in [0.15, 0.2) is 0 Å². The molecule has 1 saturated heterocycles. The number of anilines is 2. The van der Waals surface area contributed by atoms with Crippen LogP contribution in [0.15, 0.2) is 48.8 Å². The lowest BCUT2D eigenvalue weighted by Gasteiger charge is -2.33. The van der Waals surface area contributed by atoms with Crippen LogP contribution in [0.1, 0.15) is 34.8 Å². The summed E-state index contributed by atoms with van der Waals surface area (Å²) in [5, 5.41) is 0.683. The van der Waals surface area contributed by atoms with Crippen LogP contribution in [-0.2, 0) is 0 Å². The molecule has 2 N–H and O–H groups in total. The molecule has 31 heavy (non-hydrogen) atoms. The number of rotatable bonds is 4. The van der Waals surface area contributed by atoms with Gasteiger partial charge < -0.3 is 15.5 Å². The molecule has 0 bridgehead atoms. The summed E-state index contributed by atoms with van der Waals surface area (Å²) in [4.78, 5) is 30.3. The van der Waals surface area contributed by atoms with Crippen LogP contribution in [0.3, 0.4) is 0 Å². The van der Waals surface area contributed by atoms with Gasteiger partial charge in [-0.05, 0) is 42.7 Å². The largest absolute Gasteiger partial charge is 0.384 e. The zero-order valence-corrected chi connectivity index (χ0v) is 18.4. The van der Waals surface area contributed by atoms with Gasteiger partial charge in [0.25, 0.3) is 5.91 Å². The van der Waals surface area contributed by atoms with Crippen molar-refractivity contribution in [3.63, 3.8) is 0 Å². The number of halogens is 1. The second kappa shape index (κ2) is 8.89. The molecule has 4 rings (SSSR count). The number of aromatic nitrogens is 3. The predicted octanol–water partition coefficient (Wildman–Crippen LogP) is 3.86. The van der Waals surface area contributed by atoms with Crippen molar-refractivity contribution in [1.82, 2.24) is 19.9 Å². The Bertz CT molecular complexity index is 1070. The Hall–Kier alpha value is -3.19. The van der Waals surface area contributed by atoms with Crippen LogP contribution in [0.5, 0.6) is 0 Å². The van der Waals surface area contributed by atoms with Crippen LogP contribution >= 0.6 is 11.6 Å². The molecule has 1 amide bonds.